The number of hydroxylamine groups is 1. The van der Waals surface area contributed by atoms with Crippen molar-refractivity contribution in [2.45, 2.75) is 17.4 Å². The van der Waals surface area contributed by atoms with Gasteiger partial charge in [-0.1, -0.05) is 47.5 Å². The highest BCUT2D eigenvalue weighted by Gasteiger charge is 2.60. The molecule has 0 saturated carbocycles. The van der Waals surface area contributed by atoms with E-state index in [-0.39, 0.29) is 18.8 Å². The standard InChI is InChI=1S/C19H13Cl2F5N2O/c20-13-5-12(6-14(21)16(13)22)18(19(24,25)26)7-15(28-29-18)10-1-3-11(4-2-10)17(23)8-27-9-17/h1-7,27-28H,8-9H2. The molecule has 0 aliphatic carbocycles. The first-order valence-electron chi connectivity index (χ1n) is 8.45. The van der Waals surface area contributed by atoms with Crippen LogP contribution < -0.4 is 10.8 Å². The van der Waals surface area contributed by atoms with Gasteiger partial charge in [0.05, 0.1) is 15.7 Å². The lowest BCUT2D eigenvalue weighted by molar-refractivity contribution is -0.269. The molecule has 2 N–H and O–H groups in total. The van der Waals surface area contributed by atoms with E-state index in [1.165, 1.54) is 24.3 Å². The fraction of sp³-hybridized carbons (Fsp3) is 0.263. The molecule has 2 aliphatic rings. The van der Waals surface area contributed by atoms with Crippen molar-refractivity contribution in [3.63, 3.8) is 0 Å². The zero-order chi connectivity index (χ0) is 21.0. The molecule has 0 amide bonds. The van der Waals surface area contributed by atoms with Crippen LogP contribution in [-0.4, -0.2) is 19.3 Å². The van der Waals surface area contributed by atoms with Crippen LogP contribution in [0.5, 0.6) is 0 Å². The predicted molar refractivity (Wildman–Crippen MR) is 98.4 cm³/mol. The minimum atomic E-state index is -4.91. The summed E-state index contributed by atoms with van der Waals surface area (Å²) in [5, 5.41) is 1.71. The van der Waals surface area contributed by atoms with E-state index in [1.807, 2.05) is 0 Å². The Bertz CT molecular complexity index is 966. The summed E-state index contributed by atoms with van der Waals surface area (Å²) in [6.07, 6.45) is -4.09. The third-order valence-electron chi connectivity index (χ3n) is 5.03. The fourth-order valence-electron chi connectivity index (χ4n) is 3.25. The smallest absolute Gasteiger partial charge is 0.310 e. The fourth-order valence-corrected chi connectivity index (χ4v) is 3.74. The van der Waals surface area contributed by atoms with Crippen LogP contribution in [-0.2, 0) is 16.1 Å². The van der Waals surface area contributed by atoms with E-state index >= 15 is 0 Å². The van der Waals surface area contributed by atoms with Gasteiger partial charge in [-0.05, 0) is 29.3 Å². The molecule has 10 heteroatoms. The van der Waals surface area contributed by atoms with E-state index in [1.54, 1.807) is 0 Å². The van der Waals surface area contributed by atoms with E-state index in [9.17, 15) is 22.0 Å². The molecule has 1 fully saturated rings. The monoisotopic (exact) mass is 450 g/mol. The van der Waals surface area contributed by atoms with Gasteiger partial charge in [0.2, 0.25) is 5.60 Å². The summed E-state index contributed by atoms with van der Waals surface area (Å²) >= 11 is 11.4. The van der Waals surface area contributed by atoms with Crippen molar-refractivity contribution in [3.8, 4) is 0 Å². The summed E-state index contributed by atoms with van der Waals surface area (Å²) in [6.45, 7) is 0.360. The zero-order valence-electron chi connectivity index (χ0n) is 14.5. The van der Waals surface area contributed by atoms with Gasteiger partial charge in [-0.25, -0.2) is 8.78 Å². The Balaban J connectivity index is 1.74. The first-order valence-corrected chi connectivity index (χ1v) is 9.20. The Kier molecular flexibility index (Phi) is 4.81. The van der Waals surface area contributed by atoms with Crippen molar-refractivity contribution in [1.29, 1.82) is 0 Å². The number of alkyl halides is 4. The van der Waals surface area contributed by atoms with Crippen LogP contribution in [0.1, 0.15) is 16.7 Å². The molecule has 2 aromatic carbocycles. The van der Waals surface area contributed by atoms with Crippen molar-refractivity contribution in [1.82, 2.24) is 10.8 Å². The number of rotatable bonds is 3. The second kappa shape index (κ2) is 6.84. The van der Waals surface area contributed by atoms with Crippen molar-refractivity contribution >= 4 is 28.9 Å². The minimum Gasteiger partial charge on any atom is -0.310 e. The number of hydrogen-bond acceptors (Lipinski definition) is 3. The molecule has 1 saturated heterocycles. The maximum atomic E-state index is 14.4. The van der Waals surface area contributed by atoms with Crippen LogP contribution in [0, 0.1) is 5.82 Å². The molecule has 1 atom stereocenters. The van der Waals surface area contributed by atoms with Gasteiger partial charge in [0.15, 0.2) is 11.5 Å². The Morgan fingerprint density at radius 3 is 2.03 bits per heavy atom. The lowest BCUT2D eigenvalue weighted by Gasteiger charge is -2.35. The molecule has 2 aliphatic heterocycles. The lowest BCUT2D eigenvalue weighted by atomic mass is 9.88. The van der Waals surface area contributed by atoms with Gasteiger partial charge >= 0.3 is 6.18 Å². The Morgan fingerprint density at radius 1 is 0.966 bits per heavy atom. The van der Waals surface area contributed by atoms with Crippen LogP contribution >= 0.6 is 23.2 Å². The van der Waals surface area contributed by atoms with Crippen molar-refractivity contribution in [2.75, 3.05) is 13.1 Å². The molecule has 2 heterocycles. The lowest BCUT2D eigenvalue weighted by Crippen LogP contribution is -2.53. The molecule has 1 unspecified atom stereocenters. The second-order valence-electron chi connectivity index (χ2n) is 6.90. The van der Waals surface area contributed by atoms with Crippen LogP contribution in [0.2, 0.25) is 10.0 Å². The summed E-state index contributed by atoms with van der Waals surface area (Å²) in [7, 11) is 0. The molecule has 154 valence electrons. The normalized spacial score (nSPS) is 23.3. The maximum Gasteiger partial charge on any atom is 0.428 e. The topological polar surface area (TPSA) is 33.3 Å². The first kappa shape index (κ1) is 20.4. The number of hydrogen-bond donors (Lipinski definition) is 2. The third kappa shape index (κ3) is 3.28. The van der Waals surface area contributed by atoms with Gasteiger partial charge in [-0.3, -0.25) is 10.3 Å². The van der Waals surface area contributed by atoms with Gasteiger partial charge in [-0.2, -0.15) is 13.2 Å². The second-order valence-corrected chi connectivity index (χ2v) is 7.71. The Hall–Kier alpha value is -1.87. The van der Waals surface area contributed by atoms with Crippen LogP contribution in [0.15, 0.2) is 42.5 Å². The van der Waals surface area contributed by atoms with Gasteiger partial charge in [0.25, 0.3) is 0 Å². The summed E-state index contributed by atoms with van der Waals surface area (Å²) in [4.78, 5) is 4.95. The summed E-state index contributed by atoms with van der Waals surface area (Å²) in [6, 6.07) is 7.65. The average Bonchev–Trinajstić information content (AvgIpc) is 3.11. The molecule has 29 heavy (non-hydrogen) atoms. The van der Waals surface area contributed by atoms with Crippen LogP contribution in [0.4, 0.5) is 22.0 Å². The van der Waals surface area contributed by atoms with Crippen molar-refractivity contribution < 1.29 is 26.8 Å². The third-order valence-corrected chi connectivity index (χ3v) is 5.58. The molecule has 3 nitrogen and oxygen atoms in total. The van der Waals surface area contributed by atoms with E-state index in [0.29, 0.717) is 11.1 Å². The number of benzene rings is 2. The first-order chi connectivity index (χ1) is 13.6. The molecular weight excluding hydrogens is 438 g/mol. The Labute approximate surface area is 172 Å². The highest BCUT2D eigenvalue weighted by Crippen LogP contribution is 2.48. The van der Waals surface area contributed by atoms with Crippen LogP contribution in [0.25, 0.3) is 5.70 Å². The van der Waals surface area contributed by atoms with E-state index in [4.69, 9.17) is 28.0 Å². The average molecular weight is 451 g/mol. The number of nitrogens with one attached hydrogen (secondary N) is 2. The molecule has 2 aromatic rings. The molecule has 4 rings (SSSR count). The quantitative estimate of drug-likeness (QED) is 0.495. The molecule has 0 bridgehead atoms. The highest BCUT2D eigenvalue weighted by molar-refractivity contribution is 6.35. The SMILES string of the molecule is Fc1c(Cl)cc(C2(C(F)(F)F)C=C(c3ccc(C4(F)CNC4)cc3)NO2)cc1Cl. The van der Waals surface area contributed by atoms with Crippen molar-refractivity contribution in [3.05, 3.63) is 75.0 Å². The van der Waals surface area contributed by atoms with Gasteiger partial charge in [0, 0.05) is 18.7 Å². The van der Waals surface area contributed by atoms with Gasteiger partial charge in [-0.15, -0.1) is 0 Å². The maximum absolute atomic E-state index is 14.4. The summed E-state index contributed by atoms with van der Waals surface area (Å²) in [5.74, 6) is -1.02. The van der Waals surface area contributed by atoms with E-state index < -0.39 is 38.9 Å². The Morgan fingerprint density at radius 2 is 1.55 bits per heavy atom. The zero-order valence-corrected chi connectivity index (χ0v) is 16.0. The predicted octanol–water partition coefficient (Wildman–Crippen LogP) is 5.23. The van der Waals surface area contributed by atoms with Gasteiger partial charge in [0.1, 0.15) is 0 Å². The summed E-state index contributed by atoms with van der Waals surface area (Å²) in [5.41, 5.74) is -1.83. The number of halogens is 7. The van der Waals surface area contributed by atoms with Crippen LogP contribution in [0.3, 0.4) is 0 Å². The molecular formula is C19H13Cl2F5N2O. The largest absolute Gasteiger partial charge is 0.428 e. The van der Waals surface area contributed by atoms with E-state index in [0.717, 1.165) is 18.2 Å². The highest BCUT2D eigenvalue weighted by atomic mass is 35.5. The minimum absolute atomic E-state index is 0.0186. The summed E-state index contributed by atoms with van der Waals surface area (Å²) < 4.78 is 70.1. The molecule has 0 radical (unpaired) electrons. The van der Waals surface area contributed by atoms with E-state index in [2.05, 4.69) is 10.8 Å². The van der Waals surface area contributed by atoms with Crippen molar-refractivity contribution in [2.24, 2.45) is 0 Å². The molecule has 0 aromatic heterocycles. The molecule has 0 spiro atoms. The van der Waals surface area contributed by atoms with Gasteiger partial charge < -0.3 is 5.32 Å².